The van der Waals surface area contributed by atoms with Crippen molar-refractivity contribution in [2.24, 2.45) is 5.92 Å². The van der Waals surface area contributed by atoms with Gasteiger partial charge in [-0.2, -0.15) is 0 Å². The van der Waals surface area contributed by atoms with Crippen molar-refractivity contribution in [3.63, 3.8) is 0 Å². The molecule has 3 amide bonds. The van der Waals surface area contributed by atoms with Crippen LogP contribution in [0, 0.1) is 12.8 Å². The fourth-order valence-corrected chi connectivity index (χ4v) is 4.03. The summed E-state index contributed by atoms with van der Waals surface area (Å²) in [4.78, 5) is 39.8. The summed E-state index contributed by atoms with van der Waals surface area (Å²) in [6.07, 6.45) is 0.146. The molecule has 1 fully saturated rings. The first kappa shape index (κ1) is 22.3. The van der Waals surface area contributed by atoms with E-state index in [0.717, 1.165) is 11.1 Å². The predicted octanol–water partition coefficient (Wildman–Crippen LogP) is 4.48. The van der Waals surface area contributed by atoms with Gasteiger partial charge in [-0.3, -0.25) is 14.4 Å². The highest BCUT2D eigenvalue weighted by Crippen LogP contribution is 2.27. The minimum Gasteiger partial charge on any atom is -0.349 e. The Labute approximate surface area is 193 Å². The van der Waals surface area contributed by atoms with Gasteiger partial charge in [-0.1, -0.05) is 48.5 Å². The number of benzene rings is 3. The third-order valence-corrected chi connectivity index (χ3v) is 5.85. The second-order valence-corrected chi connectivity index (χ2v) is 8.42. The Morgan fingerprint density at radius 1 is 0.970 bits per heavy atom. The zero-order valence-corrected chi connectivity index (χ0v) is 18.7. The van der Waals surface area contributed by atoms with Gasteiger partial charge in [0.05, 0.1) is 12.0 Å². The summed E-state index contributed by atoms with van der Waals surface area (Å²) in [7, 11) is 0. The Morgan fingerprint density at radius 3 is 2.48 bits per heavy atom. The van der Waals surface area contributed by atoms with Crippen molar-refractivity contribution in [2.45, 2.75) is 26.3 Å². The maximum absolute atomic E-state index is 12.8. The lowest BCUT2D eigenvalue weighted by atomic mass is 10.1. The maximum atomic E-state index is 12.8. The Hall–Kier alpha value is -3.93. The van der Waals surface area contributed by atoms with E-state index in [9.17, 15) is 14.4 Å². The van der Waals surface area contributed by atoms with E-state index in [4.69, 9.17) is 0 Å². The number of nitrogens with zero attached hydrogens (tertiary/aromatic N) is 1. The highest BCUT2D eigenvalue weighted by atomic mass is 16.2. The first-order valence-corrected chi connectivity index (χ1v) is 11.0. The van der Waals surface area contributed by atoms with Gasteiger partial charge in [-0.05, 0) is 55.3 Å². The van der Waals surface area contributed by atoms with Crippen LogP contribution in [0.2, 0.25) is 0 Å². The minimum atomic E-state index is -0.437. The van der Waals surface area contributed by atoms with Crippen LogP contribution < -0.4 is 15.5 Å². The summed E-state index contributed by atoms with van der Waals surface area (Å²) < 4.78 is 0. The normalized spacial score (nSPS) is 16.4. The molecule has 6 heteroatoms. The lowest BCUT2D eigenvalue weighted by Crippen LogP contribution is -2.34. The summed E-state index contributed by atoms with van der Waals surface area (Å²) in [5, 5.41) is 5.90. The average Bonchev–Trinajstić information content (AvgIpc) is 3.21. The molecule has 1 saturated heterocycles. The van der Waals surface area contributed by atoms with E-state index in [0.29, 0.717) is 16.9 Å². The summed E-state index contributed by atoms with van der Waals surface area (Å²) in [6.45, 7) is 4.18. The van der Waals surface area contributed by atoms with Crippen LogP contribution in [-0.4, -0.2) is 24.3 Å². The van der Waals surface area contributed by atoms with E-state index in [1.54, 1.807) is 29.2 Å². The number of carbonyl (C=O) groups is 3. The van der Waals surface area contributed by atoms with Crippen LogP contribution in [0.5, 0.6) is 0 Å². The van der Waals surface area contributed by atoms with Gasteiger partial charge in [0.1, 0.15) is 0 Å². The molecule has 168 valence electrons. The van der Waals surface area contributed by atoms with Gasteiger partial charge in [0.15, 0.2) is 0 Å². The van der Waals surface area contributed by atoms with Crippen molar-refractivity contribution in [1.29, 1.82) is 0 Å². The van der Waals surface area contributed by atoms with Crippen molar-refractivity contribution >= 4 is 29.1 Å². The summed E-state index contributed by atoms with van der Waals surface area (Å²) in [5.41, 5.74) is 3.84. The van der Waals surface area contributed by atoms with Gasteiger partial charge in [0, 0.05) is 29.9 Å². The topological polar surface area (TPSA) is 78.5 Å². The molecule has 0 radical (unpaired) electrons. The van der Waals surface area contributed by atoms with Crippen molar-refractivity contribution in [2.75, 3.05) is 16.8 Å². The SMILES string of the molecule is Cc1cccc(NC(=O)c2cccc(N3CC(C(=O)NC(C)c4ccccc4)CC3=O)c2)c1. The molecule has 2 atom stereocenters. The monoisotopic (exact) mass is 441 g/mol. The van der Waals surface area contributed by atoms with Gasteiger partial charge >= 0.3 is 0 Å². The lowest BCUT2D eigenvalue weighted by molar-refractivity contribution is -0.126. The summed E-state index contributed by atoms with van der Waals surface area (Å²) in [5.74, 6) is -0.956. The van der Waals surface area contributed by atoms with Gasteiger partial charge in [-0.25, -0.2) is 0 Å². The second kappa shape index (κ2) is 9.69. The molecule has 1 aliphatic heterocycles. The van der Waals surface area contributed by atoms with E-state index >= 15 is 0 Å². The molecule has 3 aromatic carbocycles. The molecule has 0 saturated carbocycles. The first-order chi connectivity index (χ1) is 15.9. The Kier molecular flexibility index (Phi) is 6.54. The van der Waals surface area contributed by atoms with Crippen molar-refractivity contribution in [3.05, 3.63) is 95.6 Å². The first-order valence-electron chi connectivity index (χ1n) is 11.0. The number of hydrogen-bond donors (Lipinski definition) is 2. The van der Waals surface area contributed by atoms with Crippen molar-refractivity contribution in [3.8, 4) is 0 Å². The summed E-state index contributed by atoms with van der Waals surface area (Å²) in [6, 6.07) is 24.1. The molecule has 4 rings (SSSR count). The van der Waals surface area contributed by atoms with Crippen LogP contribution in [-0.2, 0) is 9.59 Å². The van der Waals surface area contributed by atoms with Gasteiger partial charge in [0.25, 0.3) is 5.91 Å². The molecular formula is C27H27N3O3. The molecule has 1 heterocycles. The molecule has 0 spiro atoms. The quantitative estimate of drug-likeness (QED) is 0.592. The second-order valence-electron chi connectivity index (χ2n) is 8.42. The third-order valence-electron chi connectivity index (χ3n) is 5.85. The largest absolute Gasteiger partial charge is 0.349 e. The number of nitrogens with one attached hydrogen (secondary N) is 2. The lowest BCUT2D eigenvalue weighted by Gasteiger charge is -2.19. The number of hydrogen-bond acceptors (Lipinski definition) is 3. The van der Waals surface area contributed by atoms with Crippen LogP contribution >= 0.6 is 0 Å². The Bertz CT molecular complexity index is 1180. The van der Waals surface area contributed by atoms with Gasteiger partial charge in [-0.15, -0.1) is 0 Å². The average molecular weight is 442 g/mol. The zero-order valence-electron chi connectivity index (χ0n) is 18.7. The Morgan fingerprint density at radius 2 is 1.73 bits per heavy atom. The van der Waals surface area contributed by atoms with Crippen molar-refractivity contribution in [1.82, 2.24) is 5.32 Å². The van der Waals surface area contributed by atoms with Crippen LogP contribution in [0.4, 0.5) is 11.4 Å². The molecule has 2 N–H and O–H groups in total. The van der Waals surface area contributed by atoms with E-state index in [2.05, 4.69) is 10.6 Å². The van der Waals surface area contributed by atoms with Gasteiger partial charge < -0.3 is 15.5 Å². The number of aryl methyl sites for hydroxylation is 1. The molecule has 0 aliphatic carbocycles. The van der Waals surface area contributed by atoms with E-state index < -0.39 is 5.92 Å². The van der Waals surface area contributed by atoms with Crippen LogP contribution in [0.15, 0.2) is 78.9 Å². The van der Waals surface area contributed by atoms with Crippen LogP contribution in [0.1, 0.15) is 40.9 Å². The zero-order chi connectivity index (χ0) is 23.4. The molecule has 2 unspecified atom stereocenters. The van der Waals surface area contributed by atoms with Crippen LogP contribution in [0.3, 0.4) is 0 Å². The maximum Gasteiger partial charge on any atom is 0.255 e. The number of carbonyl (C=O) groups excluding carboxylic acids is 3. The minimum absolute atomic E-state index is 0.126. The molecule has 6 nitrogen and oxygen atoms in total. The predicted molar refractivity (Wildman–Crippen MR) is 129 cm³/mol. The van der Waals surface area contributed by atoms with Gasteiger partial charge in [0.2, 0.25) is 11.8 Å². The smallest absolute Gasteiger partial charge is 0.255 e. The highest BCUT2D eigenvalue weighted by molar-refractivity contribution is 6.06. The Balaban J connectivity index is 1.42. The molecule has 1 aliphatic rings. The molecule has 3 aromatic rings. The molecule has 0 aromatic heterocycles. The fourth-order valence-electron chi connectivity index (χ4n) is 4.03. The number of rotatable bonds is 6. The van der Waals surface area contributed by atoms with Crippen LogP contribution in [0.25, 0.3) is 0 Å². The third kappa shape index (κ3) is 5.29. The van der Waals surface area contributed by atoms with E-state index in [-0.39, 0.29) is 36.7 Å². The van der Waals surface area contributed by atoms with E-state index in [1.165, 1.54) is 0 Å². The number of amides is 3. The fraction of sp³-hybridized carbons (Fsp3) is 0.222. The summed E-state index contributed by atoms with van der Waals surface area (Å²) >= 11 is 0. The highest BCUT2D eigenvalue weighted by Gasteiger charge is 2.35. The van der Waals surface area contributed by atoms with E-state index in [1.807, 2.05) is 68.4 Å². The number of anilines is 2. The van der Waals surface area contributed by atoms with Crippen molar-refractivity contribution < 1.29 is 14.4 Å². The molecule has 0 bridgehead atoms. The standard InChI is InChI=1S/C27H27N3O3/c1-18-8-6-12-23(14-18)29-26(32)21-11-7-13-24(15-21)30-17-22(16-25(30)31)27(33)28-19(2)20-9-4-3-5-10-20/h3-15,19,22H,16-17H2,1-2H3,(H,28,33)(H,29,32). The molecule has 33 heavy (non-hydrogen) atoms. The molecular weight excluding hydrogens is 414 g/mol.